The minimum absolute atomic E-state index is 0.113. The number of rotatable bonds is 4. The molecule has 0 rings (SSSR count). The number of aliphatic hydroxyl groups is 1. The first-order valence-corrected chi connectivity index (χ1v) is 5.33. The number of amides is 1. The van der Waals surface area contributed by atoms with Crippen molar-refractivity contribution in [3.63, 3.8) is 0 Å². The van der Waals surface area contributed by atoms with Crippen LogP contribution in [0.5, 0.6) is 0 Å². The molecular weight excluding hydrogens is 226 g/mol. The van der Waals surface area contributed by atoms with Crippen molar-refractivity contribution in [1.82, 2.24) is 5.32 Å². The molecule has 2 N–H and O–H groups in total. The number of ether oxygens (including phenoxy) is 2. The molecule has 0 fully saturated rings. The van der Waals surface area contributed by atoms with Crippen molar-refractivity contribution in [2.75, 3.05) is 13.2 Å². The Bertz CT molecular complexity index is 284. The predicted octanol–water partition coefficient (Wildman–Crippen LogP) is 0.825. The fourth-order valence-corrected chi connectivity index (χ4v) is 0.932. The van der Waals surface area contributed by atoms with Crippen molar-refractivity contribution >= 4 is 12.1 Å². The van der Waals surface area contributed by atoms with Crippen LogP contribution in [0.2, 0.25) is 0 Å². The third kappa shape index (κ3) is 7.57. The Morgan fingerprint density at radius 2 is 1.76 bits per heavy atom. The van der Waals surface area contributed by atoms with E-state index < -0.39 is 23.2 Å². The first-order chi connectivity index (χ1) is 7.58. The average Bonchev–Trinajstić information content (AvgIpc) is 2.11. The first kappa shape index (κ1) is 15.7. The summed E-state index contributed by atoms with van der Waals surface area (Å²) < 4.78 is 9.80. The van der Waals surface area contributed by atoms with Gasteiger partial charge in [-0.15, -0.1) is 0 Å². The van der Waals surface area contributed by atoms with Gasteiger partial charge in [0.05, 0.1) is 12.1 Å². The summed E-state index contributed by atoms with van der Waals surface area (Å²) >= 11 is 0. The van der Waals surface area contributed by atoms with Crippen molar-refractivity contribution in [3.05, 3.63) is 0 Å². The van der Waals surface area contributed by atoms with E-state index in [9.17, 15) is 14.7 Å². The van der Waals surface area contributed by atoms with E-state index in [0.717, 1.165) is 0 Å². The lowest BCUT2D eigenvalue weighted by atomic mass is 10.1. The van der Waals surface area contributed by atoms with E-state index in [0.29, 0.717) is 0 Å². The maximum Gasteiger partial charge on any atom is 0.408 e. The zero-order chi connectivity index (χ0) is 13.7. The van der Waals surface area contributed by atoms with Crippen LogP contribution in [0.15, 0.2) is 0 Å². The molecule has 0 saturated carbocycles. The van der Waals surface area contributed by atoms with E-state index in [1.54, 1.807) is 27.7 Å². The maximum atomic E-state index is 11.5. The molecule has 0 saturated heterocycles. The molecule has 0 aromatic rings. The summed E-state index contributed by atoms with van der Waals surface area (Å²) in [6.45, 7) is 7.53. The number of nitrogens with one attached hydrogen (secondary N) is 1. The number of hydrogen-bond donors (Lipinski definition) is 2. The third-order valence-electron chi connectivity index (χ3n) is 1.75. The van der Waals surface area contributed by atoms with Gasteiger partial charge in [-0.2, -0.15) is 0 Å². The summed E-state index contributed by atoms with van der Waals surface area (Å²) in [7, 11) is 0. The lowest BCUT2D eigenvalue weighted by Gasteiger charge is -2.29. The Kier molecular flexibility index (Phi) is 5.41. The molecule has 0 aromatic heterocycles. The summed E-state index contributed by atoms with van der Waals surface area (Å²) in [6.07, 6.45) is -0.666. The Morgan fingerprint density at radius 3 is 2.12 bits per heavy atom. The fourth-order valence-electron chi connectivity index (χ4n) is 0.932. The van der Waals surface area contributed by atoms with E-state index >= 15 is 0 Å². The van der Waals surface area contributed by atoms with Gasteiger partial charge in [0.2, 0.25) is 0 Å². The predicted molar refractivity (Wildman–Crippen MR) is 61.5 cm³/mol. The minimum Gasteiger partial charge on any atom is -0.463 e. The van der Waals surface area contributed by atoms with Crippen LogP contribution in [0.4, 0.5) is 4.79 Å². The van der Waals surface area contributed by atoms with Gasteiger partial charge in [0.25, 0.3) is 0 Å². The minimum atomic E-state index is -1.05. The number of carbonyl (C=O) groups excluding carboxylic acids is 2. The second-order valence-electron chi connectivity index (χ2n) is 5.13. The van der Waals surface area contributed by atoms with Crippen molar-refractivity contribution in [3.8, 4) is 0 Å². The van der Waals surface area contributed by atoms with E-state index in [-0.39, 0.29) is 13.2 Å². The van der Waals surface area contributed by atoms with Crippen LogP contribution < -0.4 is 5.32 Å². The van der Waals surface area contributed by atoms with Gasteiger partial charge in [0.1, 0.15) is 12.2 Å². The highest BCUT2D eigenvalue weighted by Crippen LogP contribution is 2.10. The first-order valence-electron chi connectivity index (χ1n) is 5.33. The zero-order valence-corrected chi connectivity index (χ0v) is 11.0. The van der Waals surface area contributed by atoms with Gasteiger partial charge in [-0.05, 0) is 27.7 Å². The van der Waals surface area contributed by atoms with Gasteiger partial charge in [0.15, 0.2) is 0 Å². The lowest BCUT2D eigenvalue weighted by Crippen LogP contribution is -2.53. The Morgan fingerprint density at radius 1 is 1.24 bits per heavy atom. The Labute approximate surface area is 101 Å². The van der Waals surface area contributed by atoms with Crippen LogP contribution in [0.1, 0.15) is 34.6 Å². The second kappa shape index (κ2) is 5.86. The van der Waals surface area contributed by atoms with Crippen molar-refractivity contribution < 1.29 is 24.2 Å². The molecule has 0 radical (unpaired) electrons. The van der Waals surface area contributed by atoms with Crippen LogP contribution >= 0.6 is 0 Å². The van der Waals surface area contributed by atoms with Crippen LogP contribution in [0.3, 0.4) is 0 Å². The summed E-state index contributed by atoms with van der Waals surface area (Å²) in [5, 5.41) is 11.7. The summed E-state index contributed by atoms with van der Waals surface area (Å²) in [5.74, 6) is -0.476. The molecule has 0 aromatic carbocycles. The van der Waals surface area contributed by atoms with Gasteiger partial charge in [-0.3, -0.25) is 4.79 Å². The summed E-state index contributed by atoms with van der Waals surface area (Å²) in [6, 6.07) is 0. The number of esters is 1. The van der Waals surface area contributed by atoms with E-state index in [2.05, 4.69) is 5.32 Å². The molecule has 0 unspecified atom stereocenters. The molecule has 100 valence electrons. The summed E-state index contributed by atoms with van der Waals surface area (Å²) in [5.41, 5.74) is -1.67. The van der Waals surface area contributed by atoms with Crippen LogP contribution in [0.25, 0.3) is 0 Å². The monoisotopic (exact) mass is 247 g/mol. The number of aliphatic hydroxyl groups excluding tert-OH is 1. The molecule has 1 atom stereocenters. The Hall–Kier alpha value is -1.30. The van der Waals surface area contributed by atoms with E-state index in [1.807, 2.05) is 0 Å². The molecular formula is C11H21NO5. The average molecular weight is 247 g/mol. The largest absolute Gasteiger partial charge is 0.463 e. The van der Waals surface area contributed by atoms with E-state index in [4.69, 9.17) is 9.47 Å². The molecule has 0 aliphatic rings. The van der Waals surface area contributed by atoms with Gasteiger partial charge >= 0.3 is 12.1 Å². The number of hydrogen-bond acceptors (Lipinski definition) is 5. The molecule has 6 nitrogen and oxygen atoms in total. The quantitative estimate of drug-likeness (QED) is 0.719. The lowest BCUT2D eigenvalue weighted by molar-refractivity contribution is -0.143. The molecule has 0 spiro atoms. The highest BCUT2D eigenvalue weighted by atomic mass is 16.6. The Balaban J connectivity index is 4.37. The highest BCUT2D eigenvalue weighted by molar-refractivity contribution is 5.69. The molecule has 1 amide bonds. The fraction of sp³-hybridized carbons (Fsp3) is 0.818. The van der Waals surface area contributed by atoms with Crippen molar-refractivity contribution in [1.29, 1.82) is 0 Å². The zero-order valence-electron chi connectivity index (χ0n) is 11.0. The van der Waals surface area contributed by atoms with Crippen LogP contribution in [-0.4, -0.2) is 41.5 Å². The van der Waals surface area contributed by atoms with E-state index in [1.165, 1.54) is 6.92 Å². The topological polar surface area (TPSA) is 84.9 Å². The molecule has 0 bridgehead atoms. The van der Waals surface area contributed by atoms with Gasteiger partial charge in [-0.25, -0.2) is 4.79 Å². The molecule has 6 heteroatoms. The number of carbonyl (C=O) groups is 2. The smallest absolute Gasteiger partial charge is 0.408 e. The molecule has 0 heterocycles. The third-order valence-corrected chi connectivity index (χ3v) is 1.75. The van der Waals surface area contributed by atoms with Crippen molar-refractivity contribution in [2.45, 2.75) is 45.8 Å². The maximum absolute atomic E-state index is 11.5. The van der Waals surface area contributed by atoms with Gasteiger partial charge in [-0.1, -0.05) is 0 Å². The molecule has 0 aliphatic carbocycles. The van der Waals surface area contributed by atoms with Crippen LogP contribution in [-0.2, 0) is 14.3 Å². The second-order valence-corrected chi connectivity index (χ2v) is 5.13. The summed E-state index contributed by atoms with van der Waals surface area (Å²) in [4.78, 5) is 22.2. The molecule has 0 aliphatic heterocycles. The van der Waals surface area contributed by atoms with Crippen LogP contribution in [0, 0.1) is 0 Å². The standard InChI is InChI=1S/C11H21NO5/c1-8(14)16-7-11(5,6-13)12-9(15)17-10(2,3)4/h13H,6-7H2,1-5H3,(H,12,15)/t11-/m0/s1. The SMILES string of the molecule is CC(=O)OC[C@](C)(CO)NC(=O)OC(C)(C)C. The van der Waals surface area contributed by atoms with Gasteiger partial charge in [0, 0.05) is 6.92 Å². The number of alkyl carbamates (subject to hydrolysis) is 1. The molecule has 17 heavy (non-hydrogen) atoms. The van der Waals surface area contributed by atoms with Crippen molar-refractivity contribution in [2.24, 2.45) is 0 Å². The highest BCUT2D eigenvalue weighted by Gasteiger charge is 2.29. The van der Waals surface area contributed by atoms with Gasteiger partial charge < -0.3 is 19.9 Å². The normalized spacial score (nSPS) is 14.7.